The average molecular weight is 369 g/mol. The summed E-state index contributed by atoms with van der Waals surface area (Å²) in [4.78, 5) is 29.7. The number of hydrogen-bond acceptors (Lipinski definition) is 6. The molecule has 7 nitrogen and oxygen atoms in total. The van der Waals surface area contributed by atoms with Gasteiger partial charge in [-0.1, -0.05) is 18.2 Å². The molecule has 0 atom stereocenters. The predicted molar refractivity (Wildman–Crippen MR) is 99.4 cm³/mol. The quantitative estimate of drug-likeness (QED) is 0.493. The highest BCUT2D eigenvalue weighted by Crippen LogP contribution is 2.33. The van der Waals surface area contributed by atoms with Crippen molar-refractivity contribution in [2.45, 2.75) is 6.92 Å². The van der Waals surface area contributed by atoms with Gasteiger partial charge in [-0.05, 0) is 31.2 Å². The number of para-hydroxylation sites is 1. The van der Waals surface area contributed by atoms with E-state index in [0.717, 1.165) is 5.69 Å². The molecule has 132 valence electrons. The number of ether oxygens (including phenoxy) is 1. The van der Waals surface area contributed by atoms with Gasteiger partial charge in [0.05, 0.1) is 23.4 Å². The fourth-order valence-electron chi connectivity index (χ4n) is 2.43. The molecule has 1 amide bonds. The molecule has 0 bridgehead atoms. The minimum absolute atomic E-state index is 0.0999. The number of carbonyl (C=O) groups excluding carboxylic acids is 1. The molecule has 3 rings (SSSR count). The maximum absolute atomic E-state index is 13.2. The van der Waals surface area contributed by atoms with Crippen LogP contribution in [0, 0.1) is 17.0 Å². The van der Waals surface area contributed by atoms with Gasteiger partial charge in [0.15, 0.2) is 10.9 Å². The minimum atomic E-state index is -0.573. The van der Waals surface area contributed by atoms with Crippen molar-refractivity contribution in [3.8, 4) is 5.75 Å². The number of aryl methyl sites for hydroxylation is 1. The lowest BCUT2D eigenvalue weighted by Gasteiger charge is -2.20. The summed E-state index contributed by atoms with van der Waals surface area (Å²) in [7, 11) is 1.35. The molecule has 1 aromatic heterocycles. The van der Waals surface area contributed by atoms with Crippen molar-refractivity contribution in [3.05, 3.63) is 75.3 Å². The van der Waals surface area contributed by atoms with Gasteiger partial charge in [-0.25, -0.2) is 4.98 Å². The zero-order valence-corrected chi connectivity index (χ0v) is 14.9. The Morgan fingerprint density at radius 3 is 2.54 bits per heavy atom. The number of amides is 1. The summed E-state index contributed by atoms with van der Waals surface area (Å²) in [5.41, 5.74) is 1.33. The van der Waals surface area contributed by atoms with E-state index in [-0.39, 0.29) is 17.0 Å². The number of anilines is 2. The number of nitrogens with zero attached hydrogens (tertiary/aromatic N) is 3. The van der Waals surface area contributed by atoms with Crippen LogP contribution in [0.4, 0.5) is 16.5 Å². The third-order valence-corrected chi connectivity index (χ3v) is 4.58. The number of benzene rings is 2. The second-order valence-corrected chi connectivity index (χ2v) is 6.23. The fraction of sp³-hybridized carbons (Fsp3) is 0.111. The monoisotopic (exact) mass is 369 g/mol. The Labute approximate surface area is 153 Å². The van der Waals surface area contributed by atoms with Gasteiger partial charge in [-0.3, -0.25) is 19.8 Å². The number of rotatable bonds is 5. The SMILES string of the molecule is COc1ccc(C(=O)N(c2ccccc2)c2nc(C)cs2)cc1[N+](=O)[O-]. The van der Waals surface area contributed by atoms with Gasteiger partial charge < -0.3 is 4.74 Å². The third-order valence-electron chi connectivity index (χ3n) is 3.64. The van der Waals surface area contributed by atoms with Crippen molar-refractivity contribution in [1.82, 2.24) is 4.98 Å². The largest absolute Gasteiger partial charge is 0.490 e. The Hall–Kier alpha value is -3.26. The molecule has 0 aliphatic rings. The Kier molecular flexibility index (Phi) is 4.94. The van der Waals surface area contributed by atoms with Crippen LogP contribution in [0.5, 0.6) is 5.75 Å². The van der Waals surface area contributed by atoms with Crippen LogP contribution in [-0.4, -0.2) is 22.9 Å². The molecule has 0 N–H and O–H groups in total. The second kappa shape index (κ2) is 7.32. The molecule has 26 heavy (non-hydrogen) atoms. The highest BCUT2D eigenvalue weighted by atomic mass is 32.1. The molecule has 3 aromatic rings. The first-order valence-corrected chi connectivity index (χ1v) is 8.53. The standard InChI is InChI=1S/C18H15N3O4S/c1-12-11-26-18(19-12)20(14-6-4-3-5-7-14)17(22)13-8-9-16(25-2)15(10-13)21(23)24/h3-11H,1-2H3. The van der Waals surface area contributed by atoms with Crippen molar-refractivity contribution in [1.29, 1.82) is 0 Å². The van der Waals surface area contributed by atoms with E-state index in [1.807, 2.05) is 30.5 Å². The normalized spacial score (nSPS) is 10.4. The summed E-state index contributed by atoms with van der Waals surface area (Å²) in [6.45, 7) is 1.84. The number of nitro groups is 1. The van der Waals surface area contributed by atoms with E-state index in [1.165, 1.54) is 41.5 Å². The van der Waals surface area contributed by atoms with Crippen LogP contribution in [0.15, 0.2) is 53.9 Å². The van der Waals surface area contributed by atoms with Crippen LogP contribution < -0.4 is 9.64 Å². The summed E-state index contributed by atoms with van der Waals surface area (Å²) in [6, 6.07) is 13.2. The van der Waals surface area contributed by atoms with E-state index in [9.17, 15) is 14.9 Å². The van der Waals surface area contributed by atoms with Crippen LogP contribution in [0.2, 0.25) is 0 Å². The Morgan fingerprint density at radius 1 is 1.23 bits per heavy atom. The van der Waals surface area contributed by atoms with Gasteiger partial charge in [0, 0.05) is 17.0 Å². The van der Waals surface area contributed by atoms with Crippen LogP contribution in [0.25, 0.3) is 0 Å². The molecule has 0 spiro atoms. The fourth-order valence-corrected chi connectivity index (χ4v) is 3.25. The molecule has 0 saturated carbocycles. The maximum atomic E-state index is 13.2. The number of methoxy groups -OCH3 is 1. The molecule has 0 saturated heterocycles. The van der Waals surface area contributed by atoms with Gasteiger partial charge >= 0.3 is 5.69 Å². The molecule has 0 aliphatic carbocycles. The van der Waals surface area contributed by atoms with E-state index in [4.69, 9.17) is 4.74 Å². The van der Waals surface area contributed by atoms with E-state index in [2.05, 4.69) is 4.98 Å². The first kappa shape index (κ1) is 17.6. The molecule has 0 unspecified atom stereocenters. The van der Waals surface area contributed by atoms with E-state index >= 15 is 0 Å². The predicted octanol–water partition coefficient (Wildman–Crippen LogP) is 4.35. The number of hydrogen-bond donors (Lipinski definition) is 0. The van der Waals surface area contributed by atoms with Crippen molar-refractivity contribution in [2.24, 2.45) is 0 Å². The first-order valence-electron chi connectivity index (χ1n) is 7.65. The summed E-state index contributed by atoms with van der Waals surface area (Å²) < 4.78 is 5.00. The van der Waals surface area contributed by atoms with Crippen LogP contribution in [-0.2, 0) is 0 Å². The van der Waals surface area contributed by atoms with Crippen LogP contribution in [0.3, 0.4) is 0 Å². The van der Waals surface area contributed by atoms with E-state index in [0.29, 0.717) is 10.8 Å². The van der Waals surface area contributed by atoms with Gasteiger partial charge in [-0.15, -0.1) is 11.3 Å². The molecule has 8 heteroatoms. The van der Waals surface area contributed by atoms with Gasteiger partial charge in [0.2, 0.25) is 0 Å². The van der Waals surface area contributed by atoms with E-state index in [1.54, 1.807) is 12.1 Å². The van der Waals surface area contributed by atoms with E-state index < -0.39 is 10.8 Å². The zero-order valence-electron chi connectivity index (χ0n) is 14.1. The van der Waals surface area contributed by atoms with Crippen molar-refractivity contribution >= 4 is 33.8 Å². The summed E-state index contributed by atoms with van der Waals surface area (Å²) >= 11 is 1.33. The number of carbonyl (C=O) groups is 1. The highest BCUT2D eigenvalue weighted by molar-refractivity contribution is 7.14. The third kappa shape index (κ3) is 3.40. The topological polar surface area (TPSA) is 85.6 Å². The minimum Gasteiger partial charge on any atom is -0.490 e. The van der Waals surface area contributed by atoms with Gasteiger partial charge in [0.1, 0.15) is 0 Å². The molecule has 1 heterocycles. The molecular weight excluding hydrogens is 354 g/mol. The summed E-state index contributed by atoms with van der Waals surface area (Å²) in [6.07, 6.45) is 0. The lowest BCUT2D eigenvalue weighted by Crippen LogP contribution is -2.26. The first-order chi connectivity index (χ1) is 12.5. The molecular formula is C18H15N3O4S. The summed E-state index contributed by atoms with van der Waals surface area (Å²) in [5.74, 6) is -0.306. The Bertz CT molecular complexity index is 956. The van der Waals surface area contributed by atoms with Gasteiger partial charge in [-0.2, -0.15) is 0 Å². The number of aromatic nitrogens is 1. The average Bonchev–Trinajstić information content (AvgIpc) is 3.08. The second-order valence-electron chi connectivity index (χ2n) is 5.39. The van der Waals surface area contributed by atoms with Gasteiger partial charge in [0.25, 0.3) is 5.91 Å². The number of nitro benzene ring substituents is 1. The van der Waals surface area contributed by atoms with Crippen molar-refractivity contribution in [3.63, 3.8) is 0 Å². The van der Waals surface area contributed by atoms with Crippen LogP contribution in [0.1, 0.15) is 16.1 Å². The van der Waals surface area contributed by atoms with Crippen molar-refractivity contribution in [2.75, 3.05) is 12.0 Å². The molecule has 0 fully saturated rings. The zero-order chi connectivity index (χ0) is 18.7. The molecule has 0 aliphatic heterocycles. The highest BCUT2D eigenvalue weighted by Gasteiger charge is 2.25. The lowest BCUT2D eigenvalue weighted by molar-refractivity contribution is -0.385. The Morgan fingerprint density at radius 2 is 1.96 bits per heavy atom. The molecule has 0 radical (unpaired) electrons. The summed E-state index contributed by atoms with van der Waals surface area (Å²) in [5, 5.41) is 13.6. The maximum Gasteiger partial charge on any atom is 0.311 e. The number of thiazole rings is 1. The lowest BCUT2D eigenvalue weighted by atomic mass is 10.1. The molecule has 2 aromatic carbocycles. The van der Waals surface area contributed by atoms with Crippen LogP contribution >= 0.6 is 11.3 Å². The van der Waals surface area contributed by atoms with Crippen molar-refractivity contribution < 1.29 is 14.5 Å². The Balaban J connectivity index is 2.09. The smallest absolute Gasteiger partial charge is 0.311 e.